The van der Waals surface area contributed by atoms with Crippen LogP contribution >= 0.6 is 0 Å². The van der Waals surface area contributed by atoms with Gasteiger partial charge in [-0.1, -0.05) is 0 Å². The molecule has 31 heavy (non-hydrogen) atoms. The number of Topliss-reactive ketones (excluding diaryl/α,β-unsaturated/α-hetero) is 1. The molecule has 0 bridgehead atoms. The van der Waals surface area contributed by atoms with Crippen molar-refractivity contribution in [3.05, 3.63) is 82.9 Å². The Labute approximate surface area is 177 Å². The van der Waals surface area contributed by atoms with Crippen molar-refractivity contribution < 1.29 is 14.3 Å². The predicted octanol–water partition coefficient (Wildman–Crippen LogP) is 3.01. The molecule has 2 aromatic heterocycles. The first-order chi connectivity index (χ1) is 14.9. The van der Waals surface area contributed by atoms with Crippen molar-refractivity contribution >= 4 is 22.9 Å². The number of anilines is 1. The number of ether oxygens (including phenoxy) is 1. The van der Waals surface area contributed by atoms with Crippen LogP contribution in [0.5, 0.6) is 5.75 Å². The Bertz CT molecular complexity index is 1320. The van der Waals surface area contributed by atoms with E-state index in [9.17, 15) is 14.4 Å². The maximum Gasteiger partial charge on any atom is 0.277 e. The first-order valence-corrected chi connectivity index (χ1v) is 9.59. The summed E-state index contributed by atoms with van der Waals surface area (Å²) in [6, 6.07) is 15.7. The van der Waals surface area contributed by atoms with E-state index >= 15 is 0 Å². The lowest BCUT2D eigenvalue weighted by atomic mass is 10.1. The molecule has 0 saturated carbocycles. The minimum atomic E-state index is -0.350. The van der Waals surface area contributed by atoms with Gasteiger partial charge >= 0.3 is 0 Å². The molecule has 0 aliphatic heterocycles. The Morgan fingerprint density at radius 2 is 1.74 bits per heavy atom. The summed E-state index contributed by atoms with van der Waals surface area (Å²) < 4.78 is 7.99. The Morgan fingerprint density at radius 3 is 2.39 bits per heavy atom. The van der Waals surface area contributed by atoms with Crippen LogP contribution in [0.2, 0.25) is 0 Å². The molecule has 2 aromatic carbocycles. The summed E-state index contributed by atoms with van der Waals surface area (Å²) in [5.41, 5.74) is 2.65. The van der Waals surface area contributed by atoms with E-state index in [1.165, 1.54) is 22.2 Å². The van der Waals surface area contributed by atoms with Gasteiger partial charge in [0.1, 0.15) is 17.8 Å². The lowest BCUT2D eigenvalue weighted by Gasteiger charge is -2.08. The summed E-state index contributed by atoms with van der Waals surface area (Å²) in [6.45, 7) is 1.33. The maximum absolute atomic E-state index is 12.8. The van der Waals surface area contributed by atoms with Gasteiger partial charge in [0.2, 0.25) is 5.91 Å². The highest BCUT2D eigenvalue weighted by atomic mass is 16.5. The molecule has 0 spiro atoms. The van der Waals surface area contributed by atoms with Crippen molar-refractivity contribution in [1.82, 2.24) is 14.2 Å². The Morgan fingerprint density at radius 1 is 1.03 bits per heavy atom. The highest BCUT2D eigenvalue weighted by Gasteiger charge is 2.12. The standard InChI is InChI=1S/C23H20N4O4/c1-15(28)16-3-7-18(8-4-16)24-22(29)14-26-11-12-27-21(23(26)30)13-20(25-27)17-5-9-19(31-2)10-6-17/h3-13H,14H2,1-2H3,(H,24,29). The van der Waals surface area contributed by atoms with Crippen LogP contribution < -0.4 is 15.6 Å². The SMILES string of the molecule is COc1ccc(-c2cc3c(=O)n(CC(=O)Nc4ccc(C(C)=O)cc4)ccn3n2)cc1. The molecular weight excluding hydrogens is 396 g/mol. The number of nitrogens with zero attached hydrogens (tertiary/aromatic N) is 3. The van der Waals surface area contributed by atoms with E-state index in [0.717, 1.165) is 11.3 Å². The third kappa shape index (κ3) is 4.23. The number of aromatic nitrogens is 3. The number of amides is 1. The van der Waals surface area contributed by atoms with Crippen molar-refractivity contribution in [1.29, 1.82) is 0 Å². The Kier molecular flexibility index (Phi) is 5.36. The second kappa shape index (κ2) is 8.27. The van der Waals surface area contributed by atoms with Crippen LogP contribution in [0.1, 0.15) is 17.3 Å². The number of methoxy groups -OCH3 is 1. The number of carbonyl (C=O) groups excluding carboxylic acids is 2. The number of rotatable bonds is 6. The quantitative estimate of drug-likeness (QED) is 0.488. The highest BCUT2D eigenvalue weighted by Crippen LogP contribution is 2.21. The van der Waals surface area contributed by atoms with Gasteiger partial charge in [-0.05, 0) is 61.5 Å². The minimum Gasteiger partial charge on any atom is -0.497 e. The molecule has 4 aromatic rings. The van der Waals surface area contributed by atoms with Gasteiger partial charge in [0, 0.05) is 29.2 Å². The molecule has 8 nitrogen and oxygen atoms in total. The molecule has 0 aliphatic rings. The van der Waals surface area contributed by atoms with E-state index < -0.39 is 0 Å². The minimum absolute atomic E-state index is 0.0486. The van der Waals surface area contributed by atoms with Crippen molar-refractivity contribution in [2.24, 2.45) is 0 Å². The van der Waals surface area contributed by atoms with Gasteiger partial charge in [-0.15, -0.1) is 0 Å². The van der Waals surface area contributed by atoms with Crippen molar-refractivity contribution in [2.45, 2.75) is 13.5 Å². The van der Waals surface area contributed by atoms with Gasteiger partial charge in [0.05, 0.1) is 12.8 Å². The Balaban J connectivity index is 1.54. The van der Waals surface area contributed by atoms with Crippen molar-refractivity contribution in [3.8, 4) is 17.0 Å². The molecule has 1 N–H and O–H groups in total. The zero-order valence-corrected chi connectivity index (χ0v) is 17.0. The van der Waals surface area contributed by atoms with Crippen LogP contribution in [0.4, 0.5) is 5.69 Å². The van der Waals surface area contributed by atoms with Gasteiger partial charge < -0.3 is 14.6 Å². The van der Waals surface area contributed by atoms with E-state index in [1.54, 1.807) is 43.6 Å². The maximum atomic E-state index is 12.8. The topological polar surface area (TPSA) is 94.7 Å². The molecule has 1 amide bonds. The fourth-order valence-electron chi connectivity index (χ4n) is 3.20. The number of carbonyl (C=O) groups is 2. The summed E-state index contributed by atoms with van der Waals surface area (Å²) in [5.74, 6) is 0.335. The van der Waals surface area contributed by atoms with Crippen LogP contribution in [0, 0.1) is 0 Å². The molecule has 0 atom stereocenters. The fraction of sp³-hybridized carbons (Fsp3) is 0.130. The fourth-order valence-corrected chi connectivity index (χ4v) is 3.20. The predicted molar refractivity (Wildman–Crippen MR) is 117 cm³/mol. The number of hydrogen-bond donors (Lipinski definition) is 1. The first-order valence-electron chi connectivity index (χ1n) is 9.59. The molecule has 0 saturated heterocycles. The van der Waals surface area contributed by atoms with Crippen molar-refractivity contribution in [3.63, 3.8) is 0 Å². The average Bonchev–Trinajstić information content (AvgIpc) is 3.21. The van der Waals surface area contributed by atoms with Gasteiger partial charge in [-0.2, -0.15) is 5.10 Å². The molecule has 156 valence electrons. The summed E-state index contributed by atoms with van der Waals surface area (Å²) >= 11 is 0. The number of hydrogen-bond acceptors (Lipinski definition) is 5. The zero-order valence-electron chi connectivity index (χ0n) is 17.0. The van der Waals surface area contributed by atoms with E-state index in [1.807, 2.05) is 24.3 Å². The Hall–Kier alpha value is -4.20. The molecule has 8 heteroatoms. The molecule has 2 heterocycles. The van der Waals surface area contributed by atoms with E-state index in [2.05, 4.69) is 10.4 Å². The zero-order chi connectivity index (χ0) is 22.0. The lowest BCUT2D eigenvalue weighted by molar-refractivity contribution is -0.116. The van der Waals surface area contributed by atoms with Crippen LogP contribution in [0.15, 0.2) is 71.8 Å². The smallest absolute Gasteiger partial charge is 0.277 e. The molecule has 0 radical (unpaired) electrons. The summed E-state index contributed by atoms with van der Waals surface area (Å²) in [6.07, 6.45) is 3.16. The number of fused-ring (bicyclic) bond motifs is 1. The normalized spacial score (nSPS) is 10.8. The molecule has 0 unspecified atom stereocenters. The summed E-state index contributed by atoms with van der Waals surface area (Å²) in [7, 11) is 1.60. The highest BCUT2D eigenvalue weighted by molar-refractivity contribution is 5.95. The van der Waals surface area contributed by atoms with Crippen LogP contribution in [0.25, 0.3) is 16.8 Å². The summed E-state index contributed by atoms with van der Waals surface area (Å²) in [4.78, 5) is 36.6. The monoisotopic (exact) mass is 416 g/mol. The van der Waals surface area contributed by atoms with E-state index in [0.29, 0.717) is 22.5 Å². The van der Waals surface area contributed by atoms with Crippen LogP contribution in [-0.4, -0.2) is 33.0 Å². The lowest BCUT2D eigenvalue weighted by Crippen LogP contribution is -2.28. The second-order valence-electron chi connectivity index (χ2n) is 7.00. The average molecular weight is 416 g/mol. The first kappa shape index (κ1) is 20.1. The summed E-state index contributed by atoms with van der Waals surface area (Å²) in [5, 5.41) is 7.17. The van der Waals surface area contributed by atoms with Gasteiger partial charge in [-0.25, -0.2) is 4.52 Å². The van der Waals surface area contributed by atoms with Gasteiger partial charge in [0.15, 0.2) is 5.78 Å². The third-order valence-electron chi connectivity index (χ3n) is 4.88. The van der Waals surface area contributed by atoms with E-state index in [4.69, 9.17) is 4.74 Å². The molecular formula is C23H20N4O4. The molecule has 0 fully saturated rings. The number of benzene rings is 2. The number of ketones is 1. The van der Waals surface area contributed by atoms with E-state index in [-0.39, 0.29) is 23.8 Å². The molecule has 4 rings (SSSR count). The third-order valence-corrected chi connectivity index (χ3v) is 4.88. The second-order valence-corrected chi connectivity index (χ2v) is 7.00. The van der Waals surface area contributed by atoms with Gasteiger partial charge in [0.25, 0.3) is 5.56 Å². The van der Waals surface area contributed by atoms with Gasteiger partial charge in [-0.3, -0.25) is 14.4 Å². The van der Waals surface area contributed by atoms with Crippen LogP contribution in [0.3, 0.4) is 0 Å². The van der Waals surface area contributed by atoms with Crippen LogP contribution in [-0.2, 0) is 11.3 Å². The van der Waals surface area contributed by atoms with Crippen molar-refractivity contribution in [2.75, 3.05) is 12.4 Å². The number of nitrogens with one attached hydrogen (secondary N) is 1. The molecule has 0 aliphatic carbocycles. The largest absolute Gasteiger partial charge is 0.497 e.